The number of likely N-dealkylation sites (tertiary alicyclic amines) is 1. The Kier molecular flexibility index (Phi) is 4.91. The van der Waals surface area contributed by atoms with Crippen molar-refractivity contribution in [2.24, 2.45) is 0 Å². The summed E-state index contributed by atoms with van der Waals surface area (Å²) in [5.74, 6) is 0.272. The number of carbonyl (C=O) groups excluding carboxylic acids is 1. The molecule has 82 valence electrons. The fourth-order valence-electron chi connectivity index (χ4n) is 1.53. The molecule has 2 aliphatic rings. The third-order valence-electron chi connectivity index (χ3n) is 2.25. The number of rotatable bonds is 2. The number of halogens is 1. The van der Waals surface area contributed by atoms with Crippen molar-refractivity contribution >= 4 is 23.2 Å². The Morgan fingerprint density at radius 1 is 1.47 bits per heavy atom. The van der Waals surface area contributed by atoms with Gasteiger partial charge < -0.3 is 12.4 Å². The first-order valence-electron chi connectivity index (χ1n) is 4.72. The number of nitrogens with zero attached hydrogens (tertiary/aromatic N) is 2. The van der Waals surface area contributed by atoms with Crippen molar-refractivity contribution < 1.29 is 21.8 Å². The zero-order valence-electron chi connectivity index (χ0n) is 8.30. The SMILES string of the molecule is O=C1CCCN1C[N+]1=CSC=CC=C1.[Cl-]. The molecular weight excluding hydrogens is 232 g/mol. The molecule has 1 fully saturated rings. The van der Waals surface area contributed by atoms with Crippen molar-refractivity contribution in [3.63, 3.8) is 0 Å². The minimum absolute atomic E-state index is 0. The lowest BCUT2D eigenvalue weighted by atomic mass is 10.4. The molecule has 5 heteroatoms. The Morgan fingerprint density at radius 3 is 3.07 bits per heavy atom. The van der Waals surface area contributed by atoms with Gasteiger partial charge in [-0.1, -0.05) is 0 Å². The third-order valence-corrected chi connectivity index (χ3v) is 2.95. The first-order valence-corrected chi connectivity index (χ1v) is 5.66. The van der Waals surface area contributed by atoms with Crippen molar-refractivity contribution in [1.29, 1.82) is 0 Å². The van der Waals surface area contributed by atoms with Crippen molar-refractivity contribution in [3.8, 4) is 0 Å². The molecule has 2 aliphatic heterocycles. The van der Waals surface area contributed by atoms with Gasteiger partial charge in [-0.3, -0.25) is 9.69 Å². The molecule has 0 aromatic rings. The van der Waals surface area contributed by atoms with Crippen LogP contribution < -0.4 is 12.4 Å². The van der Waals surface area contributed by atoms with Crippen LogP contribution in [0.1, 0.15) is 12.8 Å². The summed E-state index contributed by atoms with van der Waals surface area (Å²) in [5, 5.41) is 2.02. The molecular formula is C10H13ClN2OS. The van der Waals surface area contributed by atoms with Gasteiger partial charge in [0.2, 0.25) is 18.1 Å². The van der Waals surface area contributed by atoms with Crippen molar-refractivity contribution in [2.45, 2.75) is 12.8 Å². The highest BCUT2D eigenvalue weighted by Crippen LogP contribution is 2.10. The zero-order valence-corrected chi connectivity index (χ0v) is 9.88. The van der Waals surface area contributed by atoms with Gasteiger partial charge in [-0.25, -0.2) is 0 Å². The monoisotopic (exact) mass is 244 g/mol. The van der Waals surface area contributed by atoms with Gasteiger partial charge in [-0.2, -0.15) is 4.58 Å². The molecule has 0 aromatic carbocycles. The average Bonchev–Trinajstić information content (AvgIpc) is 2.44. The van der Waals surface area contributed by atoms with Crippen LogP contribution in [-0.2, 0) is 4.79 Å². The van der Waals surface area contributed by atoms with E-state index in [0.29, 0.717) is 13.1 Å². The molecule has 2 heterocycles. The van der Waals surface area contributed by atoms with E-state index in [1.165, 1.54) is 0 Å². The Hall–Kier alpha value is -0.740. The van der Waals surface area contributed by atoms with Crippen LogP contribution in [0.5, 0.6) is 0 Å². The molecule has 1 saturated heterocycles. The van der Waals surface area contributed by atoms with Gasteiger partial charge in [0.1, 0.15) is 0 Å². The summed E-state index contributed by atoms with van der Waals surface area (Å²) in [4.78, 5) is 13.3. The molecule has 1 amide bonds. The van der Waals surface area contributed by atoms with Crippen LogP contribution in [0.25, 0.3) is 0 Å². The van der Waals surface area contributed by atoms with Gasteiger partial charge in [0.25, 0.3) is 0 Å². The molecule has 2 rings (SSSR count). The van der Waals surface area contributed by atoms with E-state index in [1.54, 1.807) is 11.8 Å². The normalized spacial score (nSPS) is 19.9. The highest BCUT2D eigenvalue weighted by Gasteiger charge is 2.23. The van der Waals surface area contributed by atoms with Gasteiger partial charge >= 0.3 is 0 Å². The summed E-state index contributed by atoms with van der Waals surface area (Å²) < 4.78 is 2.04. The summed E-state index contributed by atoms with van der Waals surface area (Å²) in [6.07, 6.45) is 7.68. The number of thioether (sulfide) groups is 1. The summed E-state index contributed by atoms with van der Waals surface area (Å²) >= 11 is 1.63. The lowest BCUT2D eigenvalue weighted by molar-refractivity contribution is -0.470. The lowest BCUT2D eigenvalue weighted by Gasteiger charge is -2.10. The third kappa shape index (κ3) is 3.39. The van der Waals surface area contributed by atoms with E-state index in [-0.39, 0.29) is 18.3 Å². The van der Waals surface area contributed by atoms with E-state index in [4.69, 9.17) is 0 Å². The largest absolute Gasteiger partial charge is 1.00 e. The molecule has 0 atom stereocenters. The summed E-state index contributed by atoms with van der Waals surface area (Å²) in [5.41, 5.74) is 2.02. The second-order valence-corrected chi connectivity index (χ2v) is 4.08. The van der Waals surface area contributed by atoms with E-state index >= 15 is 0 Å². The van der Waals surface area contributed by atoms with E-state index in [1.807, 2.05) is 38.8 Å². The first-order chi connectivity index (χ1) is 6.86. The maximum absolute atomic E-state index is 11.4. The fourth-order valence-corrected chi connectivity index (χ4v) is 2.08. The minimum atomic E-state index is 0. The highest BCUT2D eigenvalue weighted by atomic mass is 35.5. The maximum atomic E-state index is 11.4. The van der Waals surface area contributed by atoms with Gasteiger partial charge in [0, 0.05) is 19.0 Å². The fraction of sp³-hybridized carbons (Fsp3) is 0.400. The Labute approximate surface area is 99.9 Å². The number of amides is 1. The average molecular weight is 245 g/mol. The highest BCUT2D eigenvalue weighted by molar-refractivity contribution is 8.14. The van der Waals surface area contributed by atoms with Gasteiger partial charge in [0.15, 0.2) is 6.20 Å². The molecule has 0 aromatic heterocycles. The van der Waals surface area contributed by atoms with Crippen LogP contribution in [0.4, 0.5) is 0 Å². The van der Waals surface area contributed by atoms with E-state index in [9.17, 15) is 4.79 Å². The quantitative estimate of drug-likeness (QED) is 0.546. The molecule has 0 N–H and O–H groups in total. The van der Waals surface area contributed by atoms with Crippen LogP contribution in [-0.4, -0.2) is 34.1 Å². The second kappa shape index (κ2) is 5.98. The molecule has 0 saturated carbocycles. The minimum Gasteiger partial charge on any atom is -1.00 e. The van der Waals surface area contributed by atoms with Crippen LogP contribution in [0, 0.1) is 0 Å². The molecule has 0 unspecified atom stereocenters. The molecule has 0 spiro atoms. The predicted molar refractivity (Wildman–Crippen MR) is 58.0 cm³/mol. The van der Waals surface area contributed by atoms with Crippen molar-refractivity contribution in [3.05, 3.63) is 23.8 Å². The number of hydrogen-bond acceptors (Lipinski definition) is 2. The number of allylic oxidation sites excluding steroid dienone is 2. The van der Waals surface area contributed by atoms with Gasteiger partial charge in [-0.05, 0) is 29.7 Å². The summed E-state index contributed by atoms with van der Waals surface area (Å²) in [6.45, 7) is 1.58. The predicted octanol–water partition coefficient (Wildman–Crippen LogP) is -1.61. The smallest absolute Gasteiger partial charge is 0.227 e. The van der Waals surface area contributed by atoms with E-state index in [2.05, 4.69) is 0 Å². The summed E-state index contributed by atoms with van der Waals surface area (Å²) in [6, 6.07) is 0. The Bertz CT molecular complexity index is 325. The van der Waals surface area contributed by atoms with Crippen LogP contribution in [0.15, 0.2) is 23.8 Å². The van der Waals surface area contributed by atoms with Crippen molar-refractivity contribution in [2.75, 3.05) is 13.2 Å². The second-order valence-electron chi connectivity index (χ2n) is 3.33. The van der Waals surface area contributed by atoms with Gasteiger partial charge in [0.05, 0.1) is 0 Å². The molecule has 0 radical (unpaired) electrons. The van der Waals surface area contributed by atoms with Gasteiger partial charge in [-0.15, -0.1) is 0 Å². The topological polar surface area (TPSA) is 23.3 Å². The standard InChI is InChI=1S/C10H13N2OS.ClH/c13-10-4-3-6-12(10)8-11-5-1-2-7-14-9-11;/h1-2,5,7,9H,3-4,6,8H2;1H/q+1;/p-1. The van der Waals surface area contributed by atoms with E-state index in [0.717, 1.165) is 13.0 Å². The van der Waals surface area contributed by atoms with Crippen LogP contribution in [0.2, 0.25) is 0 Å². The van der Waals surface area contributed by atoms with Crippen molar-refractivity contribution in [1.82, 2.24) is 4.90 Å². The number of carbonyl (C=O) groups is 1. The molecule has 0 bridgehead atoms. The van der Waals surface area contributed by atoms with Crippen LogP contribution in [0.3, 0.4) is 0 Å². The number of hydrogen-bond donors (Lipinski definition) is 0. The Balaban J connectivity index is 0.00000112. The molecule has 3 nitrogen and oxygen atoms in total. The maximum Gasteiger partial charge on any atom is 0.227 e. The molecule has 0 aliphatic carbocycles. The molecule has 15 heavy (non-hydrogen) atoms. The summed E-state index contributed by atoms with van der Waals surface area (Å²) in [7, 11) is 0. The van der Waals surface area contributed by atoms with E-state index < -0.39 is 0 Å². The zero-order chi connectivity index (χ0) is 9.80. The lowest BCUT2D eigenvalue weighted by Crippen LogP contribution is -3.00. The van der Waals surface area contributed by atoms with Crippen LogP contribution >= 0.6 is 11.8 Å². The Morgan fingerprint density at radius 2 is 2.33 bits per heavy atom. The first kappa shape index (κ1) is 12.3.